The van der Waals surface area contributed by atoms with Gasteiger partial charge in [0, 0.05) is 45.3 Å². The zero-order valence-corrected chi connectivity index (χ0v) is 23.3. The zero-order chi connectivity index (χ0) is 27.1. The van der Waals surface area contributed by atoms with Crippen molar-refractivity contribution >= 4 is 17.5 Å². The first kappa shape index (κ1) is 26.8. The maximum absolute atomic E-state index is 12.3. The van der Waals surface area contributed by atoms with Crippen LogP contribution in [0.1, 0.15) is 42.7 Å². The Morgan fingerprint density at radius 1 is 0.825 bits per heavy atom. The lowest BCUT2D eigenvalue weighted by molar-refractivity contribution is 0.0891. The van der Waals surface area contributed by atoms with E-state index in [4.69, 9.17) is 14.1 Å². The Morgan fingerprint density at radius 2 is 1.52 bits per heavy atom. The second-order valence-electron chi connectivity index (χ2n) is 11.3. The van der Waals surface area contributed by atoms with E-state index in [1.807, 2.05) is 0 Å². The van der Waals surface area contributed by atoms with Gasteiger partial charge < -0.3 is 24.3 Å². The average molecular weight is 544 g/mol. The second kappa shape index (κ2) is 12.9. The number of nitrogens with zero attached hydrogens (tertiary/aromatic N) is 4. The third kappa shape index (κ3) is 6.67. The van der Waals surface area contributed by atoms with Crippen LogP contribution in [0.15, 0.2) is 65.3 Å². The molecule has 0 atom stereocenters. The van der Waals surface area contributed by atoms with Crippen LogP contribution in [0.25, 0.3) is 11.1 Å². The van der Waals surface area contributed by atoms with Crippen molar-refractivity contribution < 1.29 is 13.9 Å². The van der Waals surface area contributed by atoms with E-state index in [1.54, 1.807) is 18.4 Å². The lowest BCUT2D eigenvalue weighted by Crippen LogP contribution is -2.47. The van der Waals surface area contributed by atoms with Gasteiger partial charge in [0.25, 0.3) is 5.91 Å². The van der Waals surface area contributed by atoms with Gasteiger partial charge in [0.2, 0.25) is 0 Å². The van der Waals surface area contributed by atoms with E-state index in [1.165, 1.54) is 30.4 Å². The average Bonchev–Trinajstić information content (AvgIpc) is 3.57. The number of furan rings is 1. The van der Waals surface area contributed by atoms with Gasteiger partial charge >= 0.3 is 0 Å². The number of rotatable bonds is 8. The number of carbonyl (C=O) groups excluding carboxylic acids is 1. The number of hydrogen-bond acceptors (Lipinski definition) is 7. The molecular formula is C32H41N5O3. The molecule has 1 N–H and O–H groups in total. The van der Waals surface area contributed by atoms with Crippen molar-refractivity contribution in [2.75, 3.05) is 68.8 Å². The molecule has 3 aromatic rings. The van der Waals surface area contributed by atoms with Gasteiger partial charge in [0.1, 0.15) is 11.6 Å². The van der Waals surface area contributed by atoms with Gasteiger partial charge in [-0.3, -0.25) is 9.69 Å². The minimum atomic E-state index is -0.0906. The summed E-state index contributed by atoms with van der Waals surface area (Å²) in [7, 11) is 0. The van der Waals surface area contributed by atoms with Gasteiger partial charge in [-0.15, -0.1) is 0 Å². The Morgan fingerprint density at radius 3 is 2.20 bits per heavy atom. The molecular weight excluding hydrogens is 502 g/mol. The van der Waals surface area contributed by atoms with Crippen LogP contribution in [0.2, 0.25) is 0 Å². The van der Waals surface area contributed by atoms with Crippen LogP contribution in [0, 0.1) is 5.92 Å². The summed E-state index contributed by atoms with van der Waals surface area (Å²) in [5.41, 5.74) is 2.46. The predicted molar refractivity (Wildman–Crippen MR) is 158 cm³/mol. The number of pyridine rings is 1. The molecule has 2 aromatic heterocycles. The molecule has 0 radical (unpaired) electrons. The SMILES string of the molecule is O=C(NC1CCC(CCN2CCN(c3cc(-c4ccccc4)cc(N4CCOCC4)n3)CC2)CC1)c1ccco1. The number of nitrogens with one attached hydrogen (secondary N) is 1. The predicted octanol–water partition coefficient (Wildman–Crippen LogP) is 4.68. The Balaban J connectivity index is 1.00. The Labute approximate surface area is 237 Å². The number of piperazine rings is 1. The molecule has 2 aliphatic heterocycles. The van der Waals surface area contributed by atoms with Crippen LogP contribution < -0.4 is 15.1 Å². The van der Waals surface area contributed by atoms with E-state index in [2.05, 4.69) is 62.5 Å². The molecule has 8 nitrogen and oxygen atoms in total. The van der Waals surface area contributed by atoms with Crippen molar-refractivity contribution in [1.82, 2.24) is 15.2 Å². The van der Waals surface area contributed by atoms with Gasteiger partial charge in [-0.25, -0.2) is 4.98 Å². The molecule has 0 unspecified atom stereocenters. The third-order valence-electron chi connectivity index (χ3n) is 8.72. The monoisotopic (exact) mass is 543 g/mol. The number of amides is 1. The Kier molecular flexibility index (Phi) is 8.64. The Hall–Kier alpha value is -3.36. The maximum Gasteiger partial charge on any atom is 0.287 e. The number of anilines is 2. The number of aromatic nitrogens is 1. The van der Waals surface area contributed by atoms with Gasteiger partial charge in [-0.1, -0.05) is 30.3 Å². The molecule has 1 aromatic carbocycles. The minimum absolute atomic E-state index is 0.0906. The van der Waals surface area contributed by atoms with Crippen LogP contribution in [0.5, 0.6) is 0 Å². The summed E-state index contributed by atoms with van der Waals surface area (Å²) in [4.78, 5) is 24.8. The van der Waals surface area contributed by atoms with Crippen molar-refractivity contribution in [3.05, 3.63) is 66.6 Å². The van der Waals surface area contributed by atoms with Crippen LogP contribution in [-0.4, -0.2) is 80.9 Å². The molecule has 8 heteroatoms. The summed E-state index contributed by atoms with van der Waals surface area (Å²) in [6.45, 7) is 8.57. The molecule has 212 valence electrons. The second-order valence-corrected chi connectivity index (χ2v) is 11.3. The van der Waals surface area contributed by atoms with Crippen molar-refractivity contribution in [2.45, 2.75) is 38.1 Å². The quantitative estimate of drug-likeness (QED) is 0.442. The topological polar surface area (TPSA) is 74.1 Å². The molecule has 6 rings (SSSR count). The van der Waals surface area contributed by atoms with Gasteiger partial charge in [0.15, 0.2) is 5.76 Å². The van der Waals surface area contributed by atoms with Crippen molar-refractivity contribution in [3.63, 3.8) is 0 Å². The molecule has 3 fully saturated rings. The van der Waals surface area contributed by atoms with Crippen LogP contribution in [0.4, 0.5) is 11.6 Å². The molecule has 0 bridgehead atoms. The fraction of sp³-hybridized carbons (Fsp3) is 0.500. The smallest absolute Gasteiger partial charge is 0.287 e. The fourth-order valence-corrected chi connectivity index (χ4v) is 6.24. The van der Waals surface area contributed by atoms with E-state index in [0.717, 1.165) is 89.4 Å². The van der Waals surface area contributed by atoms with E-state index in [0.29, 0.717) is 5.76 Å². The van der Waals surface area contributed by atoms with Crippen molar-refractivity contribution in [3.8, 4) is 11.1 Å². The maximum atomic E-state index is 12.3. The number of benzene rings is 1. The number of morpholine rings is 1. The lowest BCUT2D eigenvalue weighted by Gasteiger charge is -2.37. The van der Waals surface area contributed by atoms with Crippen LogP contribution >= 0.6 is 0 Å². The van der Waals surface area contributed by atoms with E-state index >= 15 is 0 Å². The van der Waals surface area contributed by atoms with E-state index in [9.17, 15) is 4.79 Å². The highest BCUT2D eigenvalue weighted by Crippen LogP contribution is 2.30. The molecule has 1 amide bonds. The van der Waals surface area contributed by atoms with Crippen LogP contribution in [-0.2, 0) is 4.74 Å². The summed E-state index contributed by atoms with van der Waals surface area (Å²) in [6, 6.07) is 18.9. The fourth-order valence-electron chi connectivity index (χ4n) is 6.24. The molecule has 40 heavy (non-hydrogen) atoms. The highest BCUT2D eigenvalue weighted by molar-refractivity contribution is 5.91. The number of carbonyl (C=O) groups is 1. The summed E-state index contributed by atoms with van der Waals surface area (Å²) in [6.07, 6.45) is 7.27. The van der Waals surface area contributed by atoms with Crippen molar-refractivity contribution in [1.29, 1.82) is 0 Å². The molecule has 2 saturated heterocycles. The van der Waals surface area contributed by atoms with Gasteiger partial charge in [-0.2, -0.15) is 0 Å². The first-order chi connectivity index (χ1) is 19.7. The first-order valence-electron chi connectivity index (χ1n) is 14.9. The molecule has 1 aliphatic carbocycles. The molecule has 3 aliphatic rings. The Bertz CT molecular complexity index is 1210. The summed E-state index contributed by atoms with van der Waals surface area (Å²) < 4.78 is 10.8. The summed E-state index contributed by atoms with van der Waals surface area (Å²) in [5.74, 6) is 3.19. The number of ether oxygens (including phenoxy) is 1. The van der Waals surface area contributed by atoms with E-state index in [-0.39, 0.29) is 11.9 Å². The summed E-state index contributed by atoms with van der Waals surface area (Å²) >= 11 is 0. The van der Waals surface area contributed by atoms with Crippen LogP contribution in [0.3, 0.4) is 0 Å². The largest absolute Gasteiger partial charge is 0.459 e. The van der Waals surface area contributed by atoms with Crippen molar-refractivity contribution in [2.24, 2.45) is 5.92 Å². The standard InChI is InChI=1S/C32H41N5O3/c38-32(29-7-4-20-40-29)33-28-10-8-25(9-11-28)12-13-35-14-16-36(17-15-35)30-23-27(26-5-2-1-3-6-26)24-31(34-30)37-18-21-39-22-19-37/h1-7,20,23-25,28H,8-19,21-22H2,(H,33,38). The number of hydrogen-bond donors (Lipinski definition) is 1. The molecule has 1 saturated carbocycles. The summed E-state index contributed by atoms with van der Waals surface area (Å²) in [5, 5.41) is 3.14. The minimum Gasteiger partial charge on any atom is -0.459 e. The van der Waals surface area contributed by atoms with Gasteiger partial charge in [-0.05, 0) is 80.0 Å². The molecule has 4 heterocycles. The molecule has 0 spiro atoms. The third-order valence-corrected chi connectivity index (χ3v) is 8.72. The van der Waals surface area contributed by atoms with E-state index < -0.39 is 0 Å². The normalized spacial score (nSPS) is 22.3. The zero-order valence-electron chi connectivity index (χ0n) is 23.3. The first-order valence-corrected chi connectivity index (χ1v) is 14.9. The lowest BCUT2D eigenvalue weighted by atomic mass is 9.84. The van der Waals surface area contributed by atoms with Gasteiger partial charge in [0.05, 0.1) is 19.5 Å². The highest BCUT2D eigenvalue weighted by Gasteiger charge is 2.25. The highest BCUT2D eigenvalue weighted by atomic mass is 16.5.